The number of carbonyl (C=O) groups is 2. The van der Waals surface area contributed by atoms with Gasteiger partial charge in [-0.2, -0.15) is 0 Å². The van der Waals surface area contributed by atoms with Crippen LogP contribution >= 0.6 is 23.8 Å². The van der Waals surface area contributed by atoms with E-state index in [4.69, 9.17) is 23.8 Å². The van der Waals surface area contributed by atoms with Crippen LogP contribution < -0.4 is 16.0 Å². The van der Waals surface area contributed by atoms with E-state index in [0.29, 0.717) is 28.4 Å². The molecule has 7 heteroatoms. The number of hydrogen-bond acceptors (Lipinski definition) is 3. The molecule has 0 aliphatic carbocycles. The van der Waals surface area contributed by atoms with Gasteiger partial charge < -0.3 is 10.6 Å². The van der Waals surface area contributed by atoms with Crippen LogP contribution in [0.15, 0.2) is 36.4 Å². The van der Waals surface area contributed by atoms with Gasteiger partial charge >= 0.3 is 0 Å². The second-order valence-electron chi connectivity index (χ2n) is 5.82. The van der Waals surface area contributed by atoms with E-state index >= 15 is 0 Å². The van der Waals surface area contributed by atoms with E-state index in [0.717, 1.165) is 11.1 Å². The fourth-order valence-electron chi connectivity index (χ4n) is 2.34. The largest absolute Gasteiger partial charge is 0.331 e. The Hall–Kier alpha value is -2.44. The maximum Gasteiger partial charge on any atom is 0.257 e. The first-order valence-electron chi connectivity index (χ1n) is 8.09. The molecule has 0 radical (unpaired) electrons. The molecule has 3 N–H and O–H groups in total. The van der Waals surface area contributed by atoms with Crippen LogP contribution in [-0.4, -0.2) is 16.9 Å². The summed E-state index contributed by atoms with van der Waals surface area (Å²) >= 11 is 11.4. The van der Waals surface area contributed by atoms with Gasteiger partial charge in [-0.05, 0) is 55.9 Å². The lowest BCUT2D eigenvalue weighted by Gasteiger charge is -2.13. The maximum absolute atomic E-state index is 12.4. The highest BCUT2D eigenvalue weighted by atomic mass is 35.5. The van der Waals surface area contributed by atoms with Gasteiger partial charge in [-0.1, -0.05) is 36.2 Å². The lowest BCUT2D eigenvalue weighted by Crippen LogP contribution is -2.34. The molecule has 5 nitrogen and oxygen atoms in total. The molecule has 2 aromatic rings. The number of rotatable bonds is 4. The molecule has 0 atom stereocenters. The van der Waals surface area contributed by atoms with E-state index in [2.05, 4.69) is 16.0 Å². The number of thiocarbonyl (C=S) groups is 1. The molecule has 0 aliphatic rings. The fraction of sp³-hybridized carbons (Fsp3) is 0.211. The molecule has 0 aliphatic heterocycles. The Morgan fingerprint density at radius 1 is 1.08 bits per heavy atom. The molecule has 0 spiro atoms. The molecular formula is C19H20ClN3O2S. The van der Waals surface area contributed by atoms with Gasteiger partial charge in [-0.15, -0.1) is 0 Å². The van der Waals surface area contributed by atoms with Gasteiger partial charge in [0.2, 0.25) is 5.91 Å². The Balaban J connectivity index is 2.08. The summed E-state index contributed by atoms with van der Waals surface area (Å²) in [4.78, 5) is 23.9. The summed E-state index contributed by atoms with van der Waals surface area (Å²) in [6.45, 7) is 5.60. The number of hydrogen-bond donors (Lipinski definition) is 3. The van der Waals surface area contributed by atoms with Crippen molar-refractivity contribution in [1.29, 1.82) is 0 Å². The van der Waals surface area contributed by atoms with Crippen LogP contribution in [0.4, 0.5) is 11.4 Å². The molecule has 2 amide bonds. The molecule has 26 heavy (non-hydrogen) atoms. The third-order valence-corrected chi connectivity index (χ3v) is 4.21. The molecule has 0 bridgehead atoms. The van der Waals surface area contributed by atoms with Crippen molar-refractivity contribution >= 4 is 52.1 Å². The van der Waals surface area contributed by atoms with Gasteiger partial charge in [0.15, 0.2) is 5.11 Å². The first kappa shape index (κ1) is 19.9. The highest BCUT2D eigenvalue weighted by Gasteiger charge is 2.12. The Kier molecular flexibility index (Phi) is 6.71. The minimum atomic E-state index is -0.299. The smallest absolute Gasteiger partial charge is 0.257 e. The predicted molar refractivity (Wildman–Crippen MR) is 110 cm³/mol. The molecular weight excluding hydrogens is 370 g/mol. The van der Waals surface area contributed by atoms with Gasteiger partial charge in [0.25, 0.3) is 5.91 Å². The van der Waals surface area contributed by atoms with Crippen LogP contribution in [0.5, 0.6) is 0 Å². The molecule has 2 aromatic carbocycles. The minimum absolute atomic E-state index is 0.107. The van der Waals surface area contributed by atoms with Crippen molar-refractivity contribution in [2.75, 3.05) is 10.6 Å². The molecule has 0 aromatic heterocycles. The lowest BCUT2D eigenvalue weighted by molar-refractivity contribution is -0.115. The Morgan fingerprint density at radius 2 is 1.81 bits per heavy atom. The van der Waals surface area contributed by atoms with E-state index in [1.807, 2.05) is 26.0 Å². The second kappa shape index (κ2) is 8.78. The van der Waals surface area contributed by atoms with E-state index in [-0.39, 0.29) is 16.9 Å². The first-order valence-corrected chi connectivity index (χ1v) is 8.87. The summed E-state index contributed by atoms with van der Waals surface area (Å²) in [5.74, 6) is -0.407. The van der Waals surface area contributed by atoms with Gasteiger partial charge in [0.1, 0.15) is 0 Å². The van der Waals surface area contributed by atoms with Crippen LogP contribution in [0.1, 0.15) is 34.8 Å². The van der Waals surface area contributed by atoms with Crippen LogP contribution in [0.3, 0.4) is 0 Å². The topological polar surface area (TPSA) is 70.2 Å². The Labute approximate surface area is 163 Å². The molecule has 0 fully saturated rings. The molecule has 136 valence electrons. The highest BCUT2D eigenvalue weighted by molar-refractivity contribution is 7.80. The summed E-state index contributed by atoms with van der Waals surface area (Å²) in [5.41, 5.74) is 3.58. The van der Waals surface area contributed by atoms with Crippen molar-refractivity contribution in [1.82, 2.24) is 5.32 Å². The van der Waals surface area contributed by atoms with Crippen LogP contribution in [-0.2, 0) is 4.79 Å². The average Bonchev–Trinajstić information content (AvgIpc) is 2.57. The van der Waals surface area contributed by atoms with Crippen molar-refractivity contribution < 1.29 is 9.59 Å². The van der Waals surface area contributed by atoms with Crippen LogP contribution in [0, 0.1) is 13.8 Å². The monoisotopic (exact) mass is 389 g/mol. The Bertz CT molecular complexity index is 868. The normalized spacial score (nSPS) is 10.2. The van der Waals surface area contributed by atoms with Crippen molar-refractivity contribution in [3.8, 4) is 0 Å². The third-order valence-electron chi connectivity index (χ3n) is 3.67. The van der Waals surface area contributed by atoms with Crippen molar-refractivity contribution in [2.45, 2.75) is 27.2 Å². The van der Waals surface area contributed by atoms with Gasteiger partial charge in [-0.3, -0.25) is 14.9 Å². The van der Waals surface area contributed by atoms with E-state index in [9.17, 15) is 9.59 Å². The zero-order valence-electron chi connectivity index (χ0n) is 14.8. The Morgan fingerprint density at radius 3 is 2.46 bits per heavy atom. The quantitative estimate of drug-likeness (QED) is 0.676. The number of halogens is 1. The summed E-state index contributed by atoms with van der Waals surface area (Å²) < 4.78 is 0. The standard InChI is InChI=1S/C19H20ClN3O2S/c1-4-17(24)21-13-6-8-15(20)16(10-13)22-19(26)23-18(25)14-7-5-11(2)9-12(14)3/h5-10H,4H2,1-3H3,(H,21,24)(H2,22,23,25,26). The average molecular weight is 390 g/mol. The van der Waals surface area contributed by atoms with E-state index in [1.165, 1.54) is 0 Å². The zero-order chi connectivity index (χ0) is 19.3. The number of benzene rings is 2. The van der Waals surface area contributed by atoms with Gasteiger partial charge in [-0.25, -0.2) is 0 Å². The summed E-state index contributed by atoms with van der Waals surface area (Å²) in [6.07, 6.45) is 0.371. The minimum Gasteiger partial charge on any atom is -0.331 e. The van der Waals surface area contributed by atoms with Gasteiger partial charge in [0, 0.05) is 17.7 Å². The van der Waals surface area contributed by atoms with Crippen LogP contribution in [0.2, 0.25) is 5.02 Å². The van der Waals surface area contributed by atoms with Crippen LogP contribution in [0.25, 0.3) is 0 Å². The van der Waals surface area contributed by atoms with Gasteiger partial charge in [0.05, 0.1) is 10.7 Å². The van der Waals surface area contributed by atoms with E-state index < -0.39 is 0 Å². The number of carbonyl (C=O) groups excluding carboxylic acids is 2. The predicted octanol–water partition coefficient (Wildman–Crippen LogP) is 4.43. The molecule has 0 saturated carbocycles. The first-order chi connectivity index (χ1) is 12.3. The third kappa shape index (κ3) is 5.28. The van der Waals surface area contributed by atoms with Crippen molar-refractivity contribution in [2.24, 2.45) is 0 Å². The summed E-state index contributed by atoms with van der Waals surface area (Å²) in [7, 11) is 0. The molecule has 0 heterocycles. The second-order valence-corrected chi connectivity index (χ2v) is 6.64. The fourth-order valence-corrected chi connectivity index (χ4v) is 2.71. The van der Waals surface area contributed by atoms with Crippen molar-refractivity contribution in [3.63, 3.8) is 0 Å². The number of aryl methyl sites for hydroxylation is 2. The number of nitrogens with one attached hydrogen (secondary N) is 3. The molecule has 0 unspecified atom stereocenters. The number of anilines is 2. The summed E-state index contributed by atoms with van der Waals surface area (Å²) in [5, 5.41) is 8.81. The maximum atomic E-state index is 12.4. The lowest BCUT2D eigenvalue weighted by atomic mass is 10.1. The SMILES string of the molecule is CCC(=O)Nc1ccc(Cl)c(NC(=S)NC(=O)c2ccc(C)cc2C)c1. The number of amides is 2. The van der Waals surface area contributed by atoms with Crippen molar-refractivity contribution in [3.05, 3.63) is 58.1 Å². The summed E-state index contributed by atoms with van der Waals surface area (Å²) in [6, 6.07) is 10.6. The van der Waals surface area contributed by atoms with E-state index in [1.54, 1.807) is 31.2 Å². The molecule has 2 rings (SSSR count). The molecule has 0 saturated heterocycles. The highest BCUT2D eigenvalue weighted by Crippen LogP contribution is 2.25. The zero-order valence-corrected chi connectivity index (χ0v) is 16.3.